The predicted molar refractivity (Wildman–Crippen MR) is 88.8 cm³/mol. The second-order valence-electron chi connectivity index (χ2n) is 5.57. The lowest BCUT2D eigenvalue weighted by Crippen LogP contribution is -2.43. The van der Waals surface area contributed by atoms with Crippen LogP contribution in [0.5, 0.6) is 0 Å². The van der Waals surface area contributed by atoms with Gasteiger partial charge in [0.1, 0.15) is 17.7 Å². The molecule has 7 heteroatoms. The van der Waals surface area contributed by atoms with Crippen molar-refractivity contribution in [1.29, 1.82) is 0 Å². The summed E-state index contributed by atoms with van der Waals surface area (Å²) in [6.07, 6.45) is 1.50. The van der Waals surface area contributed by atoms with Crippen molar-refractivity contribution >= 4 is 17.4 Å². The molecular weight excluding hydrogens is 311 g/mol. The molecule has 0 saturated carbocycles. The topological polar surface area (TPSA) is 80.5 Å². The van der Waals surface area contributed by atoms with Crippen LogP contribution in [0.1, 0.15) is 11.6 Å². The number of pyridine rings is 1. The highest BCUT2D eigenvalue weighted by Crippen LogP contribution is 2.24. The van der Waals surface area contributed by atoms with Crippen molar-refractivity contribution in [3.63, 3.8) is 0 Å². The van der Waals surface area contributed by atoms with Crippen LogP contribution in [0.25, 0.3) is 0 Å². The number of carbonyl (C=O) groups excluding carboxylic acids is 1. The lowest BCUT2D eigenvalue weighted by atomic mass is 10.0. The Morgan fingerprint density at radius 2 is 2.08 bits per heavy atom. The Labute approximate surface area is 139 Å². The molecule has 1 aromatic heterocycles. The first-order valence-electron chi connectivity index (χ1n) is 7.73. The van der Waals surface area contributed by atoms with Gasteiger partial charge in [-0.2, -0.15) is 0 Å². The van der Waals surface area contributed by atoms with Crippen molar-refractivity contribution in [2.75, 3.05) is 37.4 Å². The fraction of sp³-hybridized carbons (Fsp3) is 0.294. The number of nitrogens with zero attached hydrogens (tertiary/aromatic N) is 2. The number of amides is 1. The molecule has 1 aliphatic rings. The smallest absolute Gasteiger partial charge is 0.246 e. The molecule has 2 heterocycles. The molecule has 0 radical (unpaired) electrons. The fourth-order valence-electron chi connectivity index (χ4n) is 2.73. The number of nitrogen functional groups attached to an aromatic ring is 1. The summed E-state index contributed by atoms with van der Waals surface area (Å²) in [7, 11) is 0. The highest BCUT2D eigenvalue weighted by atomic mass is 19.1. The maximum atomic E-state index is 13.6. The molecule has 1 aromatic carbocycles. The highest BCUT2D eigenvalue weighted by Gasteiger charge is 2.29. The molecule has 0 spiro atoms. The lowest BCUT2D eigenvalue weighted by Gasteiger charge is -2.33. The quantitative estimate of drug-likeness (QED) is 0.894. The fourth-order valence-corrected chi connectivity index (χ4v) is 2.73. The van der Waals surface area contributed by atoms with Crippen LogP contribution in [0.4, 0.5) is 15.9 Å². The average molecular weight is 330 g/mol. The van der Waals surface area contributed by atoms with Gasteiger partial charge in [-0.1, -0.05) is 12.1 Å². The van der Waals surface area contributed by atoms with Crippen molar-refractivity contribution in [1.82, 2.24) is 9.88 Å². The minimum atomic E-state index is -0.595. The standard InChI is InChI=1S/C17H19FN4O2/c18-13-3-1-2-12(10-13)16(22-6-8-24-9-7-22)17(23)21-14-4-5-15(19)20-11-14/h1-5,10-11,16H,6-9H2,(H2,19,20)(H,21,23). The van der Waals surface area contributed by atoms with Crippen LogP contribution >= 0.6 is 0 Å². The number of aromatic nitrogens is 1. The Morgan fingerprint density at radius 3 is 2.75 bits per heavy atom. The van der Waals surface area contributed by atoms with E-state index in [1.807, 2.05) is 4.90 Å². The van der Waals surface area contributed by atoms with E-state index in [9.17, 15) is 9.18 Å². The van der Waals surface area contributed by atoms with E-state index < -0.39 is 6.04 Å². The third-order valence-corrected chi connectivity index (χ3v) is 3.88. The number of nitrogens with one attached hydrogen (secondary N) is 1. The molecule has 6 nitrogen and oxygen atoms in total. The zero-order chi connectivity index (χ0) is 16.9. The van der Waals surface area contributed by atoms with Crippen LogP contribution in [-0.4, -0.2) is 42.1 Å². The first-order valence-corrected chi connectivity index (χ1v) is 7.73. The normalized spacial score (nSPS) is 16.5. The van der Waals surface area contributed by atoms with Crippen molar-refractivity contribution in [2.24, 2.45) is 0 Å². The molecule has 3 rings (SSSR count). The molecule has 126 valence electrons. The van der Waals surface area contributed by atoms with Crippen LogP contribution in [-0.2, 0) is 9.53 Å². The summed E-state index contributed by atoms with van der Waals surface area (Å²) in [5, 5.41) is 2.82. The van der Waals surface area contributed by atoms with Gasteiger partial charge in [-0.25, -0.2) is 9.37 Å². The predicted octanol–water partition coefficient (Wildman–Crippen LogP) is 1.81. The third-order valence-electron chi connectivity index (χ3n) is 3.88. The van der Waals surface area contributed by atoms with Gasteiger partial charge in [-0.15, -0.1) is 0 Å². The summed E-state index contributed by atoms with van der Waals surface area (Å²) in [5.41, 5.74) is 6.71. The second kappa shape index (κ2) is 7.37. The monoisotopic (exact) mass is 330 g/mol. The van der Waals surface area contributed by atoms with E-state index in [0.717, 1.165) is 0 Å². The molecule has 3 N–H and O–H groups in total. The summed E-state index contributed by atoms with van der Waals surface area (Å²) < 4.78 is 19.0. The number of nitrogens with two attached hydrogens (primary N) is 1. The summed E-state index contributed by atoms with van der Waals surface area (Å²) in [5.74, 6) is -0.232. The molecular formula is C17H19FN4O2. The van der Waals surface area contributed by atoms with Gasteiger partial charge in [0, 0.05) is 13.1 Å². The Kier molecular flexibility index (Phi) is 5.02. The van der Waals surface area contributed by atoms with E-state index >= 15 is 0 Å². The van der Waals surface area contributed by atoms with Crippen LogP contribution in [0.15, 0.2) is 42.6 Å². The first-order chi connectivity index (χ1) is 11.6. The van der Waals surface area contributed by atoms with Gasteiger partial charge in [0.25, 0.3) is 0 Å². The van der Waals surface area contributed by atoms with Gasteiger partial charge in [-0.05, 0) is 29.8 Å². The van der Waals surface area contributed by atoms with E-state index in [1.165, 1.54) is 18.3 Å². The minimum Gasteiger partial charge on any atom is -0.384 e. The molecule has 0 bridgehead atoms. The lowest BCUT2D eigenvalue weighted by molar-refractivity contribution is -0.123. The Balaban J connectivity index is 1.85. The number of hydrogen-bond donors (Lipinski definition) is 2. The molecule has 2 aromatic rings. The molecule has 1 saturated heterocycles. The largest absolute Gasteiger partial charge is 0.384 e. The van der Waals surface area contributed by atoms with E-state index in [1.54, 1.807) is 24.3 Å². The summed E-state index contributed by atoms with van der Waals surface area (Å²) in [6.45, 7) is 2.30. The van der Waals surface area contributed by atoms with Gasteiger partial charge in [0.15, 0.2) is 0 Å². The number of morpholine rings is 1. The van der Waals surface area contributed by atoms with Crippen LogP contribution in [0.3, 0.4) is 0 Å². The van der Waals surface area contributed by atoms with E-state index in [2.05, 4.69) is 10.3 Å². The van der Waals surface area contributed by atoms with E-state index in [4.69, 9.17) is 10.5 Å². The zero-order valence-corrected chi connectivity index (χ0v) is 13.1. The first kappa shape index (κ1) is 16.4. The average Bonchev–Trinajstić information content (AvgIpc) is 2.58. The number of carbonyl (C=O) groups is 1. The zero-order valence-electron chi connectivity index (χ0n) is 13.1. The summed E-state index contributed by atoms with van der Waals surface area (Å²) in [6, 6.07) is 8.81. The van der Waals surface area contributed by atoms with Gasteiger partial charge < -0.3 is 15.8 Å². The summed E-state index contributed by atoms with van der Waals surface area (Å²) in [4.78, 5) is 18.8. The van der Waals surface area contributed by atoms with E-state index in [0.29, 0.717) is 43.4 Å². The Hall–Kier alpha value is -2.51. The number of anilines is 2. The van der Waals surface area contributed by atoms with E-state index in [-0.39, 0.29) is 11.7 Å². The van der Waals surface area contributed by atoms with Gasteiger partial charge in [0.05, 0.1) is 25.1 Å². The molecule has 1 amide bonds. The molecule has 1 fully saturated rings. The molecule has 1 unspecified atom stereocenters. The maximum absolute atomic E-state index is 13.6. The number of benzene rings is 1. The second-order valence-corrected chi connectivity index (χ2v) is 5.57. The molecule has 1 atom stereocenters. The third kappa shape index (κ3) is 3.87. The van der Waals surface area contributed by atoms with Crippen molar-refractivity contribution in [3.05, 3.63) is 54.0 Å². The number of halogens is 1. The molecule has 24 heavy (non-hydrogen) atoms. The number of rotatable bonds is 4. The van der Waals surface area contributed by atoms with Crippen LogP contribution < -0.4 is 11.1 Å². The van der Waals surface area contributed by atoms with Crippen molar-refractivity contribution in [2.45, 2.75) is 6.04 Å². The Morgan fingerprint density at radius 1 is 1.29 bits per heavy atom. The van der Waals surface area contributed by atoms with Gasteiger partial charge in [-0.3, -0.25) is 9.69 Å². The van der Waals surface area contributed by atoms with Gasteiger partial charge >= 0.3 is 0 Å². The van der Waals surface area contributed by atoms with Gasteiger partial charge in [0.2, 0.25) is 5.91 Å². The summed E-state index contributed by atoms with van der Waals surface area (Å²) >= 11 is 0. The number of hydrogen-bond acceptors (Lipinski definition) is 5. The minimum absolute atomic E-state index is 0.242. The SMILES string of the molecule is Nc1ccc(NC(=O)C(c2cccc(F)c2)N2CCOCC2)cn1. The van der Waals surface area contributed by atoms with Crippen molar-refractivity contribution in [3.8, 4) is 0 Å². The molecule has 0 aliphatic carbocycles. The van der Waals surface area contributed by atoms with Crippen LogP contribution in [0.2, 0.25) is 0 Å². The molecule has 1 aliphatic heterocycles. The van der Waals surface area contributed by atoms with Crippen LogP contribution in [0, 0.1) is 5.82 Å². The Bertz CT molecular complexity index is 702. The maximum Gasteiger partial charge on any atom is 0.246 e. The number of ether oxygens (including phenoxy) is 1. The van der Waals surface area contributed by atoms with Crippen molar-refractivity contribution < 1.29 is 13.9 Å². The highest BCUT2D eigenvalue weighted by molar-refractivity contribution is 5.95.